The third-order valence-electron chi connectivity index (χ3n) is 2.20. The van der Waals surface area contributed by atoms with E-state index in [-0.39, 0.29) is 11.4 Å². The zero-order valence-corrected chi connectivity index (χ0v) is 9.41. The van der Waals surface area contributed by atoms with Crippen LogP contribution in [0.4, 0.5) is 15.9 Å². The van der Waals surface area contributed by atoms with Crippen molar-refractivity contribution >= 4 is 17.4 Å². The number of nitro groups is 1. The van der Waals surface area contributed by atoms with E-state index in [9.17, 15) is 19.3 Å². The van der Waals surface area contributed by atoms with Crippen LogP contribution in [0.3, 0.4) is 0 Å². The van der Waals surface area contributed by atoms with Gasteiger partial charge in [-0.3, -0.25) is 19.9 Å². The van der Waals surface area contributed by atoms with Crippen LogP contribution in [-0.4, -0.2) is 20.8 Å². The van der Waals surface area contributed by atoms with E-state index in [1.165, 1.54) is 18.6 Å². The number of nitro benzene ring substituents is 1. The van der Waals surface area contributed by atoms with Crippen molar-refractivity contribution in [3.05, 3.63) is 58.3 Å². The van der Waals surface area contributed by atoms with Crippen molar-refractivity contribution in [2.45, 2.75) is 0 Å². The van der Waals surface area contributed by atoms with E-state index in [4.69, 9.17) is 0 Å². The summed E-state index contributed by atoms with van der Waals surface area (Å²) in [6.07, 6.45) is 4.01. The van der Waals surface area contributed by atoms with Gasteiger partial charge in [-0.05, 0) is 12.1 Å². The van der Waals surface area contributed by atoms with E-state index in [1.807, 2.05) is 0 Å². The van der Waals surface area contributed by atoms with E-state index in [0.29, 0.717) is 0 Å². The van der Waals surface area contributed by atoms with Crippen molar-refractivity contribution in [2.24, 2.45) is 0 Å². The minimum atomic E-state index is -0.827. The van der Waals surface area contributed by atoms with Crippen LogP contribution < -0.4 is 5.32 Å². The highest BCUT2D eigenvalue weighted by atomic mass is 19.1. The SMILES string of the molecule is O=C(Nc1cnccn1)c1cc(F)ccc1[N+](=O)[O-]. The van der Waals surface area contributed by atoms with Crippen molar-refractivity contribution < 1.29 is 14.1 Å². The minimum Gasteiger partial charge on any atom is -0.305 e. The molecular weight excluding hydrogens is 255 g/mol. The summed E-state index contributed by atoms with van der Waals surface area (Å²) >= 11 is 0. The Labute approximate surface area is 106 Å². The maximum absolute atomic E-state index is 13.1. The van der Waals surface area contributed by atoms with Gasteiger partial charge in [-0.25, -0.2) is 9.37 Å². The molecule has 19 heavy (non-hydrogen) atoms. The molecule has 1 aromatic carbocycles. The second-order valence-corrected chi connectivity index (χ2v) is 3.46. The maximum atomic E-state index is 13.1. The van der Waals surface area contributed by atoms with E-state index >= 15 is 0 Å². The monoisotopic (exact) mass is 262 g/mol. The number of aromatic nitrogens is 2. The number of amides is 1. The largest absolute Gasteiger partial charge is 0.305 e. The van der Waals surface area contributed by atoms with Crippen LogP contribution in [0.1, 0.15) is 10.4 Å². The van der Waals surface area contributed by atoms with Crippen molar-refractivity contribution in [3.63, 3.8) is 0 Å². The van der Waals surface area contributed by atoms with Crippen LogP contribution in [0, 0.1) is 15.9 Å². The van der Waals surface area contributed by atoms with Crippen LogP contribution >= 0.6 is 0 Å². The second kappa shape index (κ2) is 5.17. The van der Waals surface area contributed by atoms with Crippen LogP contribution in [0.25, 0.3) is 0 Å². The lowest BCUT2D eigenvalue weighted by molar-refractivity contribution is -0.385. The summed E-state index contributed by atoms with van der Waals surface area (Å²) in [6.45, 7) is 0. The molecule has 1 amide bonds. The van der Waals surface area contributed by atoms with Crippen molar-refractivity contribution in [1.29, 1.82) is 0 Å². The molecule has 1 heterocycles. The predicted octanol–water partition coefficient (Wildman–Crippen LogP) is 1.78. The molecule has 8 heteroatoms. The van der Waals surface area contributed by atoms with Gasteiger partial charge in [0.2, 0.25) is 0 Å². The predicted molar refractivity (Wildman–Crippen MR) is 63.0 cm³/mol. The number of benzene rings is 1. The minimum absolute atomic E-state index is 0.117. The Morgan fingerprint density at radius 2 is 2.16 bits per heavy atom. The molecular formula is C11H7FN4O3. The molecule has 1 N–H and O–H groups in total. The fourth-order valence-electron chi connectivity index (χ4n) is 1.40. The molecule has 0 radical (unpaired) electrons. The highest BCUT2D eigenvalue weighted by Crippen LogP contribution is 2.20. The first kappa shape index (κ1) is 12.6. The normalized spacial score (nSPS) is 9.95. The Morgan fingerprint density at radius 3 is 2.79 bits per heavy atom. The fraction of sp³-hybridized carbons (Fsp3) is 0. The first-order chi connectivity index (χ1) is 9.08. The summed E-state index contributed by atoms with van der Waals surface area (Å²) in [5, 5.41) is 13.1. The molecule has 0 aliphatic heterocycles. The van der Waals surface area contributed by atoms with Gasteiger partial charge in [0.05, 0.1) is 11.1 Å². The topological polar surface area (TPSA) is 98.0 Å². The van der Waals surface area contributed by atoms with Crippen LogP contribution in [0.15, 0.2) is 36.8 Å². The Balaban J connectivity index is 2.33. The van der Waals surface area contributed by atoms with Gasteiger partial charge >= 0.3 is 0 Å². The molecule has 2 aromatic rings. The smallest absolute Gasteiger partial charge is 0.282 e. The summed E-state index contributed by atoms with van der Waals surface area (Å²) < 4.78 is 13.1. The van der Waals surface area contributed by atoms with Crippen molar-refractivity contribution in [2.75, 3.05) is 5.32 Å². The zero-order valence-electron chi connectivity index (χ0n) is 9.41. The maximum Gasteiger partial charge on any atom is 0.282 e. The number of nitrogens with zero attached hydrogens (tertiary/aromatic N) is 3. The van der Waals surface area contributed by atoms with Gasteiger partial charge in [0.1, 0.15) is 11.4 Å². The highest BCUT2D eigenvalue weighted by Gasteiger charge is 2.21. The third kappa shape index (κ3) is 2.86. The number of carbonyl (C=O) groups is 1. The fourth-order valence-corrected chi connectivity index (χ4v) is 1.40. The van der Waals surface area contributed by atoms with E-state index in [0.717, 1.165) is 18.2 Å². The molecule has 0 aliphatic rings. The molecule has 0 unspecified atom stereocenters. The van der Waals surface area contributed by atoms with Gasteiger partial charge in [0.15, 0.2) is 5.82 Å². The van der Waals surface area contributed by atoms with Crippen LogP contribution in [-0.2, 0) is 0 Å². The number of halogens is 1. The second-order valence-electron chi connectivity index (χ2n) is 3.46. The molecule has 7 nitrogen and oxygen atoms in total. The Morgan fingerprint density at radius 1 is 1.37 bits per heavy atom. The summed E-state index contributed by atoms with van der Waals surface area (Å²) in [5.74, 6) is -1.45. The molecule has 2 rings (SSSR count). The standard InChI is InChI=1S/C11H7FN4O3/c12-7-1-2-9(16(18)19)8(5-7)11(17)15-10-6-13-3-4-14-10/h1-6H,(H,14,15,17). The number of rotatable bonds is 3. The van der Waals surface area contributed by atoms with Crippen LogP contribution in [0.5, 0.6) is 0 Å². The number of nitrogens with one attached hydrogen (secondary N) is 1. The van der Waals surface area contributed by atoms with Gasteiger partial charge in [-0.15, -0.1) is 0 Å². The molecule has 0 spiro atoms. The van der Waals surface area contributed by atoms with Gasteiger partial charge in [0, 0.05) is 18.5 Å². The summed E-state index contributed by atoms with van der Waals surface area (Å²) in [6, 6.07) is 2.64. The lowest BCUT2D eigenvalue weighted by Crippen LogP contribution is -2.15. The summed E-state index contributed by atoms with van der Waals surface area (Å²) in [4.78, 5) is 29.4. The molecule has 1 aromatic heterocycles. The van der Waals surface area contributed by atoms with Gasteiger partial charge in [-0.1, -0.05) is 0 Å². The van der Waals surface area contributed by atoms with Gasteiger partial charge < -0.3 is 5.32 Å². The van der Waals surface area contributed by atoms with Gasteiger partial charge in [-0.2, -0.15) is 0 Å². The molecule has 96 valence electrons. The lowest BCUT2D eigenvalue weighted by atomic mass is 10.1. The third-order valence-corrected chi connectivity index (χ3v) is 2.20. The average Bonchev–Trinajstić information content (AvgIpc) is 2.39. The van der Waals surface area contributed by atoms with Crippen molar-refractivity contribution in [3.8, 4) is 0 Å². The Kier molecular flexibility index (Phi) is 3.42. The Hall–Kier alpha value is -2.90. The Bertz CT molecular complexity index is 633. The van der Waals surface area contributed by atoms with Crippen LogP contribution in [0.2, 0.25) is 0 Å². The highest BCUT2D eigenvalue weighted by molar-refractivity contribution is 6.06. The molecule has 0 aliphatic carbocycles. The molecule has 0 saturated heterocycles. The quantitative estimate of drug-likeness (QED) is 0.671. The number of hydrogen-bond acceptors (Lipinski definition) is 5. The number of hydrogen-bond donors (Lipinski definition) is 1. The average molecular weight is 262 g/mol. The number of carbonyl (C=O) groups excluding carboxylic acids is 1. The molecule has 0 bridgehead atoms. The van der Waals surface area contributed by atoms with Crippen molar-refractivity contribution in [1.82, 2.24) is 9.97 Å². The first-order valence-corrected chi connectivity index (χ1v) is 5.09. The lowest BCUT2D eigenvalue weighted by Gasteiger charge is -2.04. The number of anilines is 1. The summed E-state index contributed by atoms with van der Waals surface area (Å²) in [7, 11) is 0. The van der Waals surface area contributed by atoms with E-state index in [1.54, 1.807) is 0 Å². The summed E-state index contributed by atoms with van der Waals surface area (Å²) in [5.41, 5.74) is -0.863. The molecule has 0 atom stereocenters. The van der Waals surface area contributed by atoms with E-state index in [2.05, 4.69) is 15.3 Å². The zero-order chi connectivity index (χ0) is 13.8. The van der Waals surface area contributed by atoms with E-state index < -0.39 is 22.3 Å². The molecule has 0 saturated carbocycles. The molecule has 0 fully saturated rings. The van der Waals surface area contributed by atoms with Gasteiger partial charge in [0.25, 0.3) is 11.6 Å². The first-order valence-electron chi connectivity index (χ1n) is 5.09.